The molecule has 3 rings (SSSR count). The van der Waals surface area contributed by atoms with Gasteiger partial charge >= 0.3 is 5.97 Å². The molecule has 6 heteroatoms. The summed E-state index contributed by atoms with van der Waals surface area (Å²) in [6.07, 6.45) is 4.89. The molecule has 1 saturated heterocycles. The van der Waals surface area contributed by atoms with Crippen molar-refractivity contribution in [2.75, 3.05) is 7.11 Å². The van der Waals surface area contributed by atoms with Crippen LogP contribution in [0.15, 0.2) is 18.2 Å². The molecule has 1 aromatic carbocycles. The van der Waals surface area contributed by atoms with Gasteiger partial charge in [-0.2, -0.15) is 0 Å². The summed E-state index contributed by atoms with van der Waals surface area (Å²) in [4.78, 5) is 26.9. The fraction of sp³-hybridized carbons (Fsp3) is 0.529. The third-order valence-electron chi connectivity index (χ3n) is 4.91. The van der Waals surface area contributed by atoms with Crippen molar-refractivity contribution in [1.82, 2.24) is 4.90 Å². The Morgan fingerprint density at radius 1 is 1.13 bits per heavy atom. The first-order valence-corrected chi connectivity index (χ1v) is 8.63. The SMILES string of the molecule is COC(=O)[C@@H]1C[C@H]2CCCC[C@@H]2N1C(=O)c1cc(Cl)cc(Cl)c1. The van der Waals surface area contributed by atoms with E-state index in [-0.39, 0.29) is 17.9 Å². The lowest BCUT2D eigenvalue weighted by molar-refractivity contribution is -0.145. The van der Waals surface area contributed by atoms with Gasteiger partial charge in [0.25, 0.3) is 5.91 Å². The molecule has 0 bridgehead atoms. The number of carbonyl (C=O) groups is 2. The monoisotopic (exact) mass is 355 g/mol. The molecular weight excluding hydrogens is 337 g/mol. The standard InChI is InChI=1S/C17H19Cl2NO3/c1-23-17(22)15-8-10-4-2-3-5-14(10)20(15)16(21)11-6-12(18)9-13(19)7-11/h6-7,9-10,14-15H,2-5,8H2,1H3/t10-,14+,15+/m1/s1. The molecule has 23 heavy (non-hydrogen) atoms. The number of nitrogens with zero attached hydrogens (tertiary/aromatic N) is 1. The van der Waals surface area contributed by atoms with Gasteiger partial charge in [-0.1, -0.05) is 36.0 Å². The van der Waals surface area contributed by atoms with Gasteiger partial charge in [-0.25, -0.2) is 4.79 Å². The summed E-state index contributed by atoms with van der Waals surface area (Å²) in [6.45, 7) is 0. The molecule has 0 unspecified atom stereocenters. The Balaban J connectivity index is 1.95. The number of rotatable bonds is 2. The summed E-state index contributed by atoms with van der Waals surface area (Å²) in [6, 6.07) is 4.36. The normalized spacial score (nSPS) is 26.7. The van der Waals surface area contributed by atoms with Crippen LogP contribution in [-0.4, -0.2) is 36.0 Å². The topological polar surface area (TPSA) is 46.6 Å². The second kappa shape index (κ2) is 6.70. The number of halogens is 2. The summed E-state index contributed by atoms with van der Waals surface area (Å²) < 4.78 is 4.92. The van der Waals surface area contributed by atoms with Gasteiger partial charge in [-0.05, 0) is 43.4 Å². The molecule has 0 radical (unpaired) electrons. The molecule has 0 aromatic heterocycles. The molecule has 0 spiro atoms. The van der Waals surface area contributed by atoms with Gasteiger partial charge in [-0.15, -0.1) is 0 Å². The molecule has 0 N–H and O–H groups in total. The molecule has 1 heterocycles. The number of methoxy groups -OCH3 is 1. The number of carbonyl (C=O) groups excluding carboxylic acids is 2. The predicted octanol–water partition coefficient (Wildman–Crippen LogP) is 3.94. The van der Waals surface area contributed by atoms with E-state index >= 15 is 0 Å². The highest BCUT2D eigenvalue weighted by Crippen LogP contribution is 2.41. The lowest BCUT2D eigenvalue weighted by atomic mass is 9.84. The smallest absolute Gasteiger partial charge is 0.328 e. The molecular formula is C17H19Cl2NO3. The van der Waals surface area contributed by atoms with E-state index in [0.717, 1.165) is 25.7 Å². The Morgan fingerprint density at radius 2 is 1.78 bits per heavy atom. The maximum absolute atomic E-state index is 13.0. The molecule has 124 valence electrons. The third-order valence-corrected chi connectivity index (χ3v) is 5.34. The highest BCUT2D eigenvalue weighted by atomic mass is 35.5. The second-order valence-electron chi connectivity index (χ2n) is 6.26. The van der Waals surface area contributed by atoms with Crippen LogP contribution in [0.5, 0.6) is 0 Å². The fourth-order valence-corrected chi connectivity index (χ4v) is 4.45. The Hall–Kier alpha value is -1.26. The highest BCUT2D eigenvalue weighted by Gasteiger charge is 2.48. The van der Waals surface area contributed by atoms with Crippen LogP contribution >= 0.6 is 23.2 Å². The maximum Gasteiger partial charge on any atom is 0.328 e. The molecule has 1 aliphatic carbocycles. The average Bonchev–Trinajstić information content (AvgIpc) is 2.91. The van der Waals surface area contributed by atoms with Crippen molar-refractivity contribution in [1.29, 1.82) is 0 Å². The zero-order chi connectivity index (χ0) is 16.6. The van der Waals surface area contributed by atoms with E-state index in [1.54, 1.807) is 23.1 Å². The van der Waals surface area contributed by atoms with Gasteiger partial charge < -0.3 is 9.64 Å². The molecule has 1 saturated carbocycles. The fourth-order valence-electron chi connectivity index (χ4n) is 3.93. The Morgan fingerprint density at radius 3 is 2.43 bits per heavy atom. The van der Waals surface area contributed by atoms with E-state index in [4.69, 9.17) is 27.9 Å². The van der Waals surface area contributed by atoms with E-state index in [0.29, 0.717) is 27.9 Å². The number of esters is 1. The summed E-state index contributed by atoms with van der Waals surface area (Å²) in [5.74, 6) is -0.175. The lowest BCUT2D eigenvalue weighted by Gasteiger charge is -2.33. The van der Waals surface area contributed by atoms with Crippen molar-refractivity contribution in [3.05, 3.63) is 33.8 Å². The minimum atomic E-state index is -0.515. The van der Waals surface area contributed by atoms with Gasteiger partial charge in [0.2, 0.25) is 0 Å². The first-order valence-electron chi connectivity index (χ1n) is 7.88. The van der Waals surface area contributed by atoms with E-state index < -0.39 is 6.04 Å². The van der Waals surface area contributed by atoms with Crippen LogP contribution < -0.4 is 0 Å². The number of ether oxygens (including phenoxy) is 1. The van der Waals surface area contributed by atoms with Crippen LogP contribution in [0.2, 0.25) is 10.0 Å². The zero-order valence-corrected chi connectivity index (χ0v) is 14.4. The van der Waals surface area contributed by atoms with Gasteiger partial charge in [0.1, 0.15) is 6.04 Å². The van der Waals surface area contributed by atoms with Crippen LogP contribution in [0.4, 0.5) is 0 Å². The van der Waals surface area contributed by atoms with Crippen LogP contribution in [0.25, 0.3) is 0 Å². The maximum atomic E-state index is 13.0. The molecule has 1 aromatic rings. The van der Waals surface area contributed by atoms with Crippen molar-refractivity contribution >= 4 is 35.1 Å². The minimum Gasteiger partial charge on any atom is -0.467 e. The summed E-state index contributed by atoms with van der Waals surface area (Å²) in [7, 11) is 1.36. The lowest BCUT2D eigenvalue weighted by Crippen LogP contribution is -2.46. The van der Waals surface area contributed by atoms with Crippen molar-refractivity contribution < 1.29 is 14.3 Å². The molecule has 1 aliphatic heterocycles. The summed E-state index contributed by atoms with van der Waals surface area (Å²) in [5, 5.41) is 0.824. The first-order chi connectivity index (χ1) is 11.0. The Bertz CT molecular complexity index is 614. The number of hydrogen-bond donors (Lipinski definition) is 0. The predicted molar refractivity (Wildman–Crippen MR) is 88.8 cm³/mol. The first kappa shape index (κ1) is 16.6. The summed E-state index contributed by atoms with van der Waals surface area (Å²) >= 11 is 12.0. The molecule has 3 atom stereocenters. The van der Waals surface area contributed by atoms with Crippen molar-refractivity contribution in [3.63, 3.8) is 0 Å². The van der Waals surface area contributed by atoms with Gasteiger partial charge in [0.05, 0.1) is 7.11 Å². The van der Waals surface area contributed by atoms with Gasteiger partial charge in [-0.3, -0.25) is 4.79 Å². The zero-order valence-electron chi connectivity index (χ0n) is 12.9. The van der Waals surface area contributed by atoms with Crippen LogP contribution in [0.3, 0.4) is 0 Å². The van der Waals surface area contributed by atoms with E-state index in [2.05, 4.69) is 0 Å². The highest BCUT2D eigenvalue weighted by molar-refractivity contribution is 6.35. The Labute approximate surface area is 145 Å². The van der Waals surface area contributed by atoms with Crippen molar-refractivity contribution in [2.24, 2.45) is 5.92 Å². The van der Waals surface area contributed by atoms with E-state index in [1.807, 2.05) is 0 Å². The quantitative estimate of drug-likeness (QED) is 0.754. The number of hydrogen-bond acceptors (Lipinski definition) is 3. The minimum absolute atomic E-state index is 0.0955. The van der Waals surface area contributed by atoms with Crippen LogP contribution in [-0.2, 0) is 9.53 Å². The number of benzene rings is 1. The van der Waals surface area contributed by atoms with Crippen molar-refractivity contribution in [2.45, 2.75) is 44.2 Å². The number of fused-ring (bicyclic) bond motifs is 1. The van der Waals surface area contributed by atoms with E-state index in [9.17, 15) is 9.59 Å². The molecule has 4 nitrogen and oxygen atoms in total. The van der Waals surface area contributed by atoms with Crippen LogP contribution in [0, 0.1) is 5.92 Å². The third kappa shape index (κ3) is 3.20. The average molecular weight is 356 g/mol. The van der Waals surface area contributed by atoms with Crippen molar-refractivity contribution in [3.8, 4) is 0 Å². The largest absolute Gasteiger partial charge is 0.467 e. The van der Waals surface area contributed by atoms with Gasteiger partial charge in [0.15, 0.2) is 0 Å². The molecule has 1 amide bonds. The molecule has 2 fully saturated rings. The number of amides is 1. The van der Waals surface area contributed by atoms with E-state index in [1.165, 1.54) is 7.11 Å². The van der Waals surface area contributed by atoms with Gasteiger partial charge in [0, 0.05) is 21.7 Å². The molecule has 2 aliphatic rings. The number of likely N-dealkylation sites (tertiary alicyclic amines) is 1. The van der Waals surface area contributed by atoms with Crippen LogP contribution in [0.1, 0.15) is 42.5 Å². The summed E-state index contributed by atoms with van der Waals surface area (Å²) in [5.41, 5.74) is 0.419. The second-order valence-corrected chi connectivity index (χ2v) is 7.13. The Kier molecular flexibility index (Phi) is 4.83.